The molecule has 2 rings (SSSR count). The standard InChI is InChI=1S/C19H25N3O3S.ClH/c1-14(2)19(3,13-20)21-18(23)15-9-11-16(12-10-15)22-26(24,25)17-7-5-4-6-8-17;/h4-12,14,22H,13,20H2,1-3H3,(H,21,23);1H. The van der Waals surface area contributed by atoms with E-state index in [9.17, 15) is 13.2 Å². The van der Waals surface area contributed by atoms with Crippen LogP contribution in [0, 0.1) is 5.92 Å². The molecule has 148 valence electrons. The molecule has 0 fully saturated rings. The highest BCUT2D eigenvalue weighted by Crippen LogP contribution is 2.18. The Kier molecular flexibility index (Phi) is 7.83. The molecule has 0 aliphatic heterocycles. The summed E-state index contributed by atoms with van der Waals surface area (Å²) in [6.45, 7) is 6.21. The Morgan fingerprint density at radius 1 is 1.07 bits per heavy atom. The third-order valence-corrected chi connectivity index (χ3v) is 5.95. The topological polar surface area (TPSA) is 101 Å². The lowest BCUT2D eigenvalue weighted by atomic mass is 9.88. The molecule has 1 amide bonds. The van der Waals surface area contributed by atoms with Crippen molar-refractivity contribution in [1.29, 1.82) is 0 Å². The minimum absolute atomic E-state index is 0. The monoisotopic (exact) mass is 411 g/mol. The van der Waals surface area contributed by atoms with E-state index < -0.39 is 15.6 Å². The first-order valence-electron chi connectivity index (χ1n) is 8.38. The summed E-state index contributed by atoms with van der Waals surface area (Å²) in [7, 11) is -3.66. The predicted octanol–water partition coefficient (Wildman–Crippen LogP) is 3.01. The van der Waals surface area contributed by atoms with Gasteiger partial charge in [-0.05, 0) is 49.2 Å². The number of sulfonamides is 1. The second-order valence-electron chi connectivity index (χ2n) is 6.73. The minimum atomic E-state index is -3.66. The Morgan fingerprint density at radius 3 is 2.11 bits per heavy atom. The number of benzene rings is 2. The number of halogens is 1. The Labute approximate surface area is 167 Å². The Hall–Kier alpha value is -2.09. The molecule has 4 N–H and O–H groups in total. The van der Waals surface area contributed by atoms with Gasteiger partial charge in [0.15, 0.2) is 0 Å². The molecule has 0 aromatic heterocycles. The van der Waals surface area contributed by atoms with Crippen LogP contribution in [-0.4, -0.2) is 26.4 Å². The van der Waals surface area contributed by atoms with Crippen LogP contribution in [0.15, 0.2) is 59.5 Å². The fourth-order valence-electron chi connectivity index (χ4n) is 2.27. The average molecular weight is 412 g/mol. The third-order valence-electron chi connectivity index (χ3n) is 4.55. The zero-order chi connectivity index (χ0) is 19.4. The van der Waals surface area contributed by atoms with Crippen molar-refractivity contribution < 1.29 is 13.2 Å². The van der Waals surface area contributed by atoms with Gasteiger partial charge >= 0.3 is 0 Å². The van der Waals surface area contributed by atoms with E-state index in [2.05, 4.69) is 10.0 Å². The molecule has 2 aromatic rings. The molecule has 0 bridgehead atoms. The number of nitrogens with one attached hydrogen (secondary N) is 2. The molecule has 2 aromatic carbocycles. The van der Waals surface area contributed by atoms with Crippen molar-refractivity contribution in [2.24, 2.45) is 11.7 Å². The molecule has 0 saturated heterocycles. The molecule has 0 aliphatic rings. The number of carbonyl (C=O) groups excluding carboxylic acids is 1. The van der Waals surface area contributed by atoms with E-state index in [1.807, 2.05) is 20.8 Å². The number of anilines is 1. The summed E-state index contributed by atoms with van der Waals surface area (Å²) in [5, 5.41) is 2.95. The lowest BCUT2D eigenvalue weighted by Gasteiger charge is -2.33. The molecule has 0 aliphatic carbocycles. The van der Waals surface area contributed by atoms with Crippen LogP contribution >= 0.6 is 12.4 Å². The van der Waals surface area contributed by atoms with Crippen molar-refractivity contribution in [3.8, 4) is 0 Å². The van der Waals surface area contributed by atoms with Crippen LogP contribution in [0.5, 0.6) is 0 Å². The van der Waals surface area contributed by atoms with Crippen molar-refractivity contribution in [3.05, 3.63) is 60.2 Å². The van der Waals surface area contributed by atoms with Crippen molar-refractivity contribution >= 4 is 34.0 Å². The zero-order valence-electron chi connectivity index (χ0n) is 15.6. The van der Waals surface area contributed by atoms with Gasteiger partial charge in [0, 0.05) is 17.8 Å². The highest BCUT2D eigenvalue weighted by molar-refractivity contribution is 7.92. The van der Waals surface area contributed by atoms with Crippen molar-refractivity contribution in [2.75, 3.05) is 11.3 Å². The first-order chi connectivity index (χ1) is 12.2. The van der Waals surface area contributed by atoms with E-state index in [4.69, 9.17) is 5.73 Å². The number of nitrogens with two attached hydrogens (primary N) is 1. The maximum atomic E-state index is 12.4. The van der Waals surface area contributed by atoms with Gasteiger partial charge in [-0.3, -0.25) is 9.52 Å². The Morgan fingerprint density at radius 2 is 1.63 bits per heavy atom. The molecule has 0 saturated carbocycles. The molecule has 6 nitrogen and oxygen atoms in total. The van der Waals surface area contributed by atoms with Crippen LogP contribution in [-0.2, 0) is 10.0 Å². The number of hydrogen-bond acceptors (Lipinski definition) is 4. The van der Waals surface area contributed by atoms with Crippen LogP contribution < -0.4 is 15.8 Å². The van der Waals surface area contributed by atoms with Gasteiger partial charge in [0.05, 0.1) is 10.4 Å². The second-order valence-corrected chi connectivity index (χ2v) is 8.41. The summed E-state index contributed by atoms with van der Waals surface area (Å²) in [6.07, 6.45) is 0. The highest BCUT2D eigenvalue weighted by atomic mass is 35.5. The van der Waals surface area contributed by atoms with Gasteiger partial charge < -0.3 is 11.1 Å². The zero-order valence-corrected chi connectivity index (χ0v) is 17.2. The molecule has 0 heterocycles. The number of rotatable bonds is 7. The summed E-state index contributed by atoms with van der Waals surface area (Å²) < 4.78 is 27.1. The average Bonchev–Trinajstić information content (AvgIpc) is 2.62. The van der Waals surface area contributed by atoms with Gasteiger partial charge in [0.1, 0.15) is 0 Å². The first kappa shape index (κ1) is 23.0. The predicted molar refractivity (Wildman–Crippen MR) is 111 cm³/mol. The maximum Gasteiger partial charge on any atom is 0.261 e. The Balaban J connectivity index is 0.00000364. The molecule has 8 heteroatoms. The Bertz CT molecular complexity index is 856. The number of carbonyl (C=O) groups is 1. The van der Waals surface area contributed by atoms with E-state index in [-0.39, 0.29) is 29.1 Å². The molecule has 0 spiro atoms. The molecule has 0 radical (unpaired) electrons. The summed E-state index contributed by atoms with van der Waals surface area (Å²) in [6, 6.07) is 14.4. The molecule has 1 atom stereocenters. The smallest absolute Gasteiger partial charge is 0.261 e. The molecule has 27 heavy (non-hydrogen) atoms. The summed E-state index contributed by atoms with van der Waals surface area (Å²) >= 11 is 0. The fourth-order valence-corrected chi connectivity index (χ4v) is 3.35. The van der Waals surface area contributed by atoms with Gasteiger partial charge in [0.25, 0.3) is 15.9 Å². The minimum Gasteiger partial charge on any atom is -0.345 e. The maximum absolute atomic E-state index is 12.4. The summed E-state index contributed by atoms with van der Waals surface area (Å²) in [5.41, 5.74) is 6.11. The van der Waals surface area contributed by atoms with Gasteiger partial charge in [-0.25, -0.2) is 8.42 Å². The number of amides is 1. The molecular weight excluding hydrogens is 386 g/mol. The van der Waals surface area contributed by atoms with Gasteiger partial charge in [0.2, 0.25) is 0 Å². The summed E-state index contributed by atoms with van der Waals surface area (Å²) in [5.74, 6) is -0.0717. The number of hydrogen-bond donors (Lipinski definition) is 3. The normalized spacial score (nSPS) is 13.4. The SMILES string of the molecule is CC(C)C(C)(CN)NC(=O)c1ccc(NS(=O)(=O)c2ccccc2)cc1.Cl. The summed E-state index contributed by atoms with van der Waals surface area (Å²) in [4.78, 5) is 12.6. The molecular formula is C19H26ClN3O3S. The van der Waals surface area contributed by atoms with Crippen LogP contribution in [0.1, 0.15) is 31.1 Å². The lowest BCUT2D eigenvalue weighted by Crippen LogP contribution is -2.55. The first-order valence-corrected chi connectivity index (χ1v) is 9.87. The van der Waals surface area contributed by atoms with Crippen molar-refractivity contribution in [1.82, 2.24) is 5.32 Å². The third kappa shape index (κ3) is 5.69. The van der Waals surface area contributed by atoms with Crippen LogP contribution in [0.2, 0.25) is 0 Å². The quantitative estimate of drug-likeness (QED) is 0.651. The highest BCUT2D eigenvalue weighted by Gasteiger charge is 2.28. The van der Waals surface area contributed by atoms with Gasteiger partial charge in [-0.15, -0.1) is 12.4 Å². The van der Waals surface area contributed by atoms with Crippen molar-refractivity contribution in [3.63, 3.8) is 0 Å². The molecule has 1 unspecified atom stereocenters. The van der Waals surface area contributed by atoms with E-state index in [1.165, 1.54) is 12.1 Å². The van der Waals surface area contributed by atoms with E-state index >= 15 is 0 Å². The lowest BCUT2D eigenvalue weighted by molar-refractivity contribution is 0.0883. The second kappa shape index (κ2) is 9.21. The van der Waals surface area contributed by atoms with E-state index in [1.54, 1.807) is 42.5 Å². The van der Waals surface area contributed by atoms with Crippen LogP contribution in [0.25, 0.3) is 0 Å². The van der Waals surface area contributed by atoms with Crippen LogP contribution in [0.3, 0.4) is 0 Å². The van der Waals surface area contributed by atoms with E-state index in [0.29, 0.717) is 17.8 Å². The largest absolute Gasteiger partial charge is 0.345 e. The van der Waals surface area contributed by atoms with Crippen molar-refractivity contribution in [2.45, 2.75) is 31.2 Å². The van der Waals surface area contributed by atoms with E-state index in [0.717, 1.165) is 0 Å². The van der Waals surface area contributed by atoms with Gasteiger partial charge in [-0.2, -0.15) is 0 Å². The van der Waals surface area contributed by atoms with Crippen LogP contribution in [0.4, 0.5) is 5.69 Å². The fraction of sp³-hybridized carbons (Fsp3) is 0.316. The van der Waals surface area contributed by atoms with Gasteiger partial charge in [-0.1, -0.05) is 32.0 Å².